The second-order valence-electron chi connectivity index (χ2n) is 5.80. The van der Waals surface area contributed by atoms with E-state index in [2.05, 4.69) is 10.2 Å². The molecule has 0 unspecified atom stereocenters. The molecule has 1 heterocycles. The zero-order valence-electron chi connectivity index (χ0n) is 11.4. The Hall–Kier alpha value is -0.480. The van der Waals surface area contributed by atoms with Crippen molar-refractivity contribution in [2.24, 2.45) is 5.92 Å². The minimum absolute atomic E-state index is 0.203. The van der Waals surface area contributed by atoms with E-state index in [4.69, 9.17) is 23.2 Å². The predicted molar refractivity (Wildman–Crippen MR) is 82.7 cm³/mol. The molecule has 1 saturated carbocycles. The van der Waals surface area contributed by atoms with Crippen LogP contribution in [0.5, 0.6) is 5.75 Å². The lowest BCUT2D eigenvalue weighted by atomic mass is 9.97. The molecule has 1 aliphatic carbocycles. The van der Waals surface area contributed by atoms with Crippen LogP contribution >= 0.6 is 23.2 Å². The van der Waals surface area contributed by atoms with Gasteiger partial charge in [0.2, 0.25) is 0 Å². The van der Waals surface area contributed by atoms with Crippen LogP contribution < -0.4 is 5.32 Å². The van der Waals surface area contributed by atoms with Crippen molar-refractivity contribution in [2.75, 3.05) is 26.2 Å². The summed E-state index contributed by atoms with van der Waals surface area (Å²) in [7, 11) is 0. The summed E-state index contributed by atoms with van der Waals surface area (Å²) in [5, 5.41) is 14.7. The molecule has 0 bridgehead atoms. The van der Waals surface area contributed by atoms with Crippen molar-refractivity contribution >= 4 is 23.2 Å². The minimum atomic E-state index is 0.203. The molecule has 1 aromatic carbocycles. The van der Waals surface area contributed by atoms with Gasteiger partial charge in [-0.25, -0.2) is 0 Å². The molecule has 110 valence electrons. The first kappa shape index (κ1) is 14.5. The molecule has 1 aromatic rings. The highest BCUT2D eigenvalue weighted by Crippen LogP contribution is 2.45. The SMILES string of the molecule is Oc1cc(Cl)cc(Cl)c1[C@H](CC1CC1)N1CCNCC1. The number of benzene rings is 1. The number of halogens is 2. The quantitative estimate of drug-likeness (QED) is 0.893. The molecule has 0 amide bonds. The van der Waals surface area contributed by atoms with E-state index in [0.29, 0.717) is 10.0 Å². The van der Waals surface area contributed by atoms with E-state index in [9.17, 15) is 5.11 Å². The third kappa shape index (κ3) is 3.22. The van der Waals surface area contributed by atoms with Crippen LogP contribution in [0.25, 0.3) is 0 Å². The molecule has 0 radical (unpaired) electrons. The van der Waals surface area contributed by atoms with Gasteiger partial charge in [-0.1, -0.05) is 36.0 Å². The number of hydrogen-bond donors (Lipinski definition) is 2. The Kier molecular flexibility index (Phi) is 4.41. The van der Waals surface area contributed by atoms with Crippen molar-refractivity contribution in [3.05, 3.63) is 27.7 Å². The summed E-state index contributed by atoms with van der Waals surface area (Å²) in [4.78, 5) is 2.43. The summed E-state index contributed by atoms with van der Waals surface area (Å²) < 4.78 is 0. The number of hydrogen-bond acceptors (Lipinski definition) is 3. The molecule has 1 saturated heterocycles. The third-order valence-electron chi connectivity index (χ3n) is 4.25. The van der Waals surface area contributed by atoms with Gasteiger partial charge in [-0.2, -0.15) is 0 Å². The van der Waals surface area contributed by atoms with Crippen molar-refractivity contribution in [1.82, 2.24) is 10.2 Å². The monoisotopic (exact) mass is 314 g/mol. The summed E-state index contributed by atoms with van der Waals surface area (Å²) >= 11 is 12.3. The van der Waals surface area contributed by atoms with Gasteiger partial charge >= 0.3 is 0 Å². The Morgan fingerprint density at radius 2 is 1.95 bits per heavy atom. The molecule has 2 N–H and O–H groups in total. The number of phenolic OH excluding ortho intramolecular Hbond substituents is 1. The van der Waals surface area contributed by atoms with Crippen LogP contribution in [0, 0.1) is 5.92 Å². The fourth-order valence-electron chi connectivity index (χ4n) is 3.01. The molecule has 5 heteroatoms. The molecule has 3 rings (SSSR count). The number of rotatable bonds is 4. The van der Waals surface area contributed by atoms with Crippen molar-refractivity contribution in [1.29, 1.82) is 0 Å². The molecular weight excluding hydrogens is 295 g/mol. The molecular formula is C15H20Cl2N2O. The number of piperazine rings is 1. The van der Waals surface area contributed by atoms with Crippen LogP contribution in [0.2, 0.25) is 10.0 Å². The Morgan fingerprint density at radius 1 is 1.25 bits per heavy atom. The first-order valence-electron chi connectivity index (χ1n) is 7.28. The van der Waals surface area contributed by atoms with Gasteiger partial charge in [0, 0.05) is 42.8 Å². The number of aromatic hydroxyl groups is 1. The Morgan fingerprint density at radius 3 is 2.55 bits per heavy atom. The maximum absolute atomic E-state index is 10.3. The zero-order chi connectivity index (χ0) is 14.1. The first-order valence-corrected chi connectivity index (χ1v) is 8.03. The highest BCUT2D eigenvalue weighted by Gasteiger charge is 2.33. The van der Waals surface area contributed by atoms with E-state index in [1.807, 2.05) is 0 Å². The Balaban J connectivity index is 1.91. The van der Waals surface area contributed by atoms with E-state index in [1.165, 1.54) is 12.8 Å². The largest absolute Gasteiger partial charge is 0.508 e. The molecule has 0 aromatic heterocycles. The average Bonchev–Trinajstić information content (AvgIpc) is 3.21. The van der Waals surface area contributed by atoms with E-state index >= 15 is 0 Å². The molecule has 2 aliphatic rings. The number of nitrogens with one attached hydrogen (secondary N) is 1. The second kappa shape index (κ2) is 6.10. The van der Waals surface area contributed by atoms with Crippen LogP contribution in [0.4, 0.5) is 0 Å². The summed E-state index contributed by atoms with van der Waals surface area (Å²) in [6.07, 6.45) is 3.68. The lowest BCUT2D eigenvalue weighted by Gasteiger charge is -2.36. The van der Waals surface area contributed by atoms with E-state index in [0.717, 1.165) is 44.1 Å². The maximum Gasteiger partial charge on any atom is 0.123 e. The first-order chi connectivity index (χ1) is 9.65. The summed E-state index contributed by atoms with van der Waals surface area (Å²) in [5.74, 6) is 1.01. The van der Waals surface area contributed by atoms with Gasteiger partial charge in [0.25, 0.3) is 0 Å². The molecule has 1 aliphatic heterocycles. The van der Waals surface area contributed by atoms with Crippen LogP contribution in [0.1, 0.15) is 30.9 Å². The molecule has 2 fully saturated rings. The highest BCUT2D eigenvalue weighted by molar-refractivity contribution is 6.35. The fraction of sp³-hybridized carbons (Fsp3) is 0.600. The van der Waals surface area contributed by atoms with Crippen molar-refractivity contribution in [3.63, 3.8) is 0 Å². The van der Waals surface area contributed by atoms with E-state index in [-0.39, 0.29) is 11.8 Å². The second-order valence-corrected chi connectivity index (χ2v) is 6.64. The smallest absolute Gasteiger partial charge is 0.123 e. The Bertz CT molecular complexity index is 462. The molecule has 0 spiro atoms. The average molecular weight is 315 g/mol. The standard InChI is InChI=1S/C15H20Cl2N2O/c16-11-8-12(17)15(14(20)9-11)13(7-10-1-2-10)19-5-3-18-4-6-19/h8-10,13,18,20H,1-7H2/t13-/m0/s1. The van der Waals surface area contributed by atoms with Gasteiger partial charge in [-0.15, -0.1) is 0 Å². The molecule has 3 nitrogen and oxygen atoms in total. The van der Waals surface area contributed by atoms with Crippen LogP contribution in [0.15, 0.2) is 12.1 Å². The summed E-state index contributed by atoms with van der Waals surface area (Å²) in [5.41, 5.74) is 0.852. The summed E-state index contributed by atoms with van der Waals surface area (Å²) in [6.45, 7) is 3.98. The number of phenols is 1. The minimum Gasteiger partial charge on any atom is -0.508 e. The van der Waals surface area contributed by atoms with Gasteiger partial charge in [0.05, 0.1) is 5.02 Å². The lowest BCUT2D eigenvalue weighted by molar-refractivity contribution is 0.158. The molecule has 1 atom stereocenters. The van der Waals surface area contributed by atoms with Crippen LogP contribution in [0.3, 0.4) is 0 Å². The fourth-order valence-corrected chi connectivity index (χ4v) is 3.62. The third-order valence-corrected chi connectivity index (χ3v) is 4.78. The predicted octanol–water partition coefficient (Wildman–Crippen LogP) is 3.45. The van der Waals surface area contributed by atoms with Crippen molar-refractivity contribution < 1.29 is 5.11 Å². The van der Waals surface area contributed by atoms with Gasteiger partial charge in [0.1, 0.15) is 5.75 Å². The summed E-state index contributed by atoms with van der Waals surface area (Å²) in [6, 6.07) is 3.54. The van der Waals surface area contributed by atoms with Crippen molar-refractivity contribution in [2.45, 2.75) is 25.3 Å². The topological polar surface area (TPSA) is 35.5 Å². The Labute approximate surface area is 129 Å². The van der Waals surface area contributed by atoms with E-state index in [1.54, 1.807) is 12.1 Å². The van der Waals surface area contributed by atoms with Gasteiger partial charge in [-0.3, -0.25) is 4.90 Å². The van der Waals surface area contributed by atoms with Crippen LogP contribution in [-0.4, -0.2) is 36.2 Å². The molecule has 20 heavy (non-hydrogen) atoms. The van der Waals surface area contributed by atoms with Gasteiger partial charge in [0.15, 0.2) is 0 Å². The van der Waals surface area contributed by atoms with Crippen LogP contribution in [-0.2, 0) is 0 Å². The van der Waals surface area contributed by atoms with E-state index < -0.39 is 0 Å². The normalized spacial score (nSPS) is 21.9. The van der Waals surface area contributed by atoms with Gasteiger partial charge in [-0.05, 0) is 24.5 Å². The zero-order valence-corrected chi connectivity index (χ0v) is 12.9. The van der Waals surface area contributed by atoms with Crippen molar-refractivity contribution in [3.8, 4) is 5.75 Å². The maximum atomic E-state index is 10.3. The number of nitrogens with zero attached hydrogens (tertiary/aromatic N) is 1. The highest BCUT2D eigenvalue weighted by atomic mass is 35.5. The van der Waals surface area contributed by atoms with Gasteiger partial charge < -0.3 is 10.4 Å². The lowest BCUT2D eigenvalue weighted by Crippen LogP contribution is -2.45.